The number of H-pyrrole nitrogens is 2. The van der Waals surface area contributed by atoms with Crippen molar-refractivity contribution >= 4 is 46.4 Å². The maximum atomic E-state index is 13.3. The highest BCUT2D eigenvalue weighted by Crippen LogP contribution is 2.19. The molecule has 0 fully saturated rings. The number of aromatic nitrogens is 3. The molecule has 4 unspecified atom stereocenters. The van der Waals surface area contributed by atoms with E-state index in [9.17, 15) is 29.4 Å². The number of nitrogens with zero attached hydrogens (tertiary/aromatic N) is 1. The lowest BCUT2D eigenvalue weighted by molar-refractivity contribution is -0.142. The molecule has 0 radical (unpaired) electrons. The van der Waals surface area contributed by atoms with Crippen molar-refractivity contribution in [2.45, 2.75) is 43.4 Å². The Hall–Kier alpha value is -3.88. The second-order valence-corrected chi connectivity index (χ2v) is 9.92. The van der Waals surface area contributed by atoms with Crippen molar-refractivity contribution in [1.82, 2.24) is 30.9 Å². The topological polar surface area (TPSA) is 215 Å². The number of aliphatic hydroxyl groups excluding tert-OH is 1. The van der Waals surface area contributed by atoms with Gasteiger partial charge >= 0.3 is 5.97 Å². The van der Waals surface area contributed by atoms with Crippen LogP contribution in [-0.2, 0) is 32.0 Å². The predicted molar refractivity (Wildman–Crippen MR) is 146 cm³/mol. The van der Waals surface area contributed by atoms with Gasteiger partial charge in [0.25, 0.3) is 0 Å². The first kappa shape index (κ1) is 29.7. The number of aliphatic carboxylic acids is 1. The number of nitrogens with one attached hydrogen (secondary N) is 5. The Morgan fingerprint density at radius 2 is 1.69 bits per heavy atom. The van der Waals surface area contributed by atoms with Gasteiger partial charge in [0.1, 0.15) is 18.1 Å². The number of carboxylic acids is 1. The maximum Gasteiger partial charge on any atom is 0.326 e. The van der Waals surface area contributed by atoms with Gasteiger partial charge in [0.2, 0.25) is 17.7 Å². The lowest BCUT2D eigenvalue weighted by Crippen LogP contribution is -2.58. The zero-order valence-corrected chi connectivity index (χ0v) is 22.2. The average molecular weight is 560 g/mol. The van der Waals surface area contributed by atoms with Crippen molar-refractivity contribution in [3.8, 4) is 0 Å². The minimum atomic E-state index is -1.44. The molecule has 0 aliphatic rings. The van der Waals surface area contributed by atoms with Crippen LogP contribution in [0, 0.1) is 0 Å². The third-order valence-corrected chi connectivity index (χ3v) is 6.75. The Labute approximate surface area is 228 Å². The van der Waals surface area contributed by atoms with Crippen LogP contribution in [-0.4, -0.2) is 91.6 Å². The van der Waals surface area contributed by atoms with Crippen LogP contribution in [0.2, 0.25) is 0 Å². The number of carbonyl (C=O) groups is 4. The Morgan fingerprint density at radius 1 is 1.00 bits per heavy atom. The van der Waals surface area contributed by atoms with Crippen molar-refractivity contribution in [3.63, 3.8) is 0 Å². The normalized spacial score (nSPS) is 14.2. The van der Waals surface area contributed by atoms with Gasteiger partial charge in [-0.1, -0.05) is 18.2 Å². The standard InChI is InChI=1S/C25H33N7O6S/c1-39-7-6-19(25(37)38)30-24(36)21(12-33)32-23(35)20(8-14-10-28-18-5-3-2-4-16(14)18)31-22(34)17(26)9-15-11-27-13-29-15/h2-5,10-11,13,17,19-21,28,33H,6-9,12,26H2,1H3,(H,27,29)(H,30,36)(H,31,34)(H,32,35)(H,37,38). The van der Waals surface area contributed by atoms with Crippen LogP contribution in [0.15, 0.2) is 43.0 Å². The summed E-state index contributed by atoms with van der Waals surface area (Å²) >= 11 is 1.42. The molecule has 13 nitrogen and oxygen atoms in total. The number of aromatic amines is 2. The van der Waals surface area contributed by atoms with Gasteiger partial charge in [-0.3, -0.25) is 14.4 Å². The van der Waals surface area contributed by atoms with Crippen LogP contribution in [0.5, 0.6) is 0 Å². The third kappa shape index (κ3) is 8.30. The van der Waals surface area contributed by atoms with Gasteiger partial charge in [-0.25, -0.2) is 9.78 Å². The number of para-hydroxylation sites is 1. The first-order valence-electron chi connectivity index (χ1n) is 12.2. The fraction of sp³-hybridized carbons (Fsp3) is 0.400. The van der Waals surface area contributed by atoms with Gasteiger partial charge in [-0.05, 0) is 30.1 Å². The maximum absolute atomic E-state index is 13.3. The average Bonchev–Trinajstić information content (AvgIpc) is 3.58. The van der Waals surface area contributed by atoms with Crippen molar-refractivity contribution in [2.75, 3.05) is 18.6 Å². The second kappa shape index (κ2) is 14.3. The van der Waals surface area contributed by atoms with E-state index in [4.69, 9.17) is 5.73 Å². The minimum Gasteiger partial charge on any atom is -0.480 e. The highest BCUT2D eigenvalue weighted by molar-refractivity contribution is 7.98. The molecule has 2 heterocycles. The summed E-state index contributed by atoms with van der Waals surface area (Å²) < 4.78 is 0. The molecule has 1 aromatic carbocycles. The number of aliphatic hydroxyl groups is 1. The Balaban J connectivity index is 1.76. The first-order valence-corrected chi connectivity index (χ1v) is 13.6. The zero-order chi connectivity index (χ0) is 28.4. The molecular formula is C25H33N7O6S. The number of carbonyl (C=O) groups excluding carboxylic acids is 3. The summed E-state index contributed by atoms with van der Waals surface area (Å²) in [5.74, 6) is -2.93. The summed E-state index contributed by atoms with van der Waals surface area (Å²) in [6, 6.07) is 2.67. The van der Waals surface area contributed by atoms with Crippen molar-refractivity contribution < 1.29 is 29.4 Å². The molecule has 0 saturated carbocycles. The third-order valence-electron chi connectivity index (χ3n) is 6.10. The van der Waals surface area contributed by atoms with Gasteiger partial charge in [0, 0.05) is 41.8 Å². The number of fused-ring (bicyclic) bond motifs is 1. The van der Waals surface area contributed by atoms with E-state index in [1.807, 2.05) is 24.3 Å². The number of hydrogen-bond acceptors (Lipinski definition) is 8. The van der Waals surface area contributed by atoms with Gasteiger partial charge in [-0.2, -0.15) is 11.8 Å². The molecule has 0 aliphatic heterocycles. The number of amides is 3. The molecule has 210 valence electrons. The highest BCUT2D eigenvalue weighted by atomic mass is 32.2. The molecule has 3 rings (SSSR count). The Kier molecular flexibility index (Phi) is 10.9. The SMILES string of the molecule is CSCCC(NC(=O)C(CO)NC(=O)C(Cc1c[nH]c2ccccc12)NC(=O)C(N)Cc1cnc[nH]1)C(=O)O. The number of imidazole rings is 1. The van der Waals surface area contributed by atoms with Crippen molar-refractivity contribution in [3.05, 3.63) is 54.2 Å². The van der Waals surface area contributed by atoms with E-state index in [2.05, 4.69) is 30.9 Å². The van der Waals surface area contributed by atoms with Crippen LogP contribution in [0.1, 0.15) is 17.7 Å². The van der Waals surface area contributed by atoms with Crippen molar-refractivity contribution in [1.29, 1.82) is 0 Å². The molecule has 14 heteroatoms. The molecule has 0 saturated heterocycles. The van der Waals surface area contributed by atoms with Gasteiger partial charge in [0.05, 0.1) is 19.0 Å². The van der Waals surface area contributed by atoms with Gasteiger partial charge < -0.3 is 41.9 Å². The first-order chi connectivity index (χ1) is 18.7. The number of rotatable bonds is 15. The summed E-state index contributed by atoms with van der Waals surface area (Å²) in [5.41, 5.74) is 8.28. The van der Waals surface area contributed by atoms with Crippen molar-refractivity contribution in [2.24, 2.45) is 5.73 Å². The molecular weight excluding hydrogens is 526 g/mol. The lowest BCUT2D eigenvalue weighted by Gasteiger charge is -2.24. The van der Waals surface area contributed by atoms with Crippen LogP contribution in [0.4, 0.5) is 0 Å². The van der Waals surface area contributed by atoms with E-state index < -0.39 is 54.5 Å². The summed E-state index contributed by atoms with van der Waals surface area (Å²) in [6.45, 7) is -0.778. The molecule has 39 heavy (non-hydrogen) atoms. The molecule has 0 spiro atoms. The monoisotopic (exact) mass is 559 g/mol. The minimum absolute atomic E-state index is 0.0591. The predicted octanol–water partition coefficient (Wildman–Crippen LogP) is -0.712. The van der Waals surface area contributed by atoms with E-state index in [0.29, 0.717) is 11.4 Å². The van der Waals surface area contributed by atoms with Crippen LogP contribution >= 0.6 is 11.8 Å². The smallest absolute Gasteiger partial charge is 0.326 e. The van der Waals surface area contributed by atoms with Crippen LogP contribution < -0.4 is 21.7 Å². The summed E-state index contributed by atoms with van der Waals surface area (Å²) in [7, 11) is 0. The molecule has 0 aliphatic carbocycles. The molecule has 9 N–H and O–H groups in total. The summed E-state index contributed by atoms with van der Waals surface area (Å²) in [6.07, 6.45) is 6.91. The van der Waals surface area contributed by atoms with Crippen LogP contribution in [0.25, 0.3) is 10.9 Å². The fourth-order valence-electron chi connectivity index (χ4n) is 3.97. The fourth-order valence-corrected chi connectivity index (χ4v) is 4.44. The van der Waals surface area contributed by atoms with E-state index in [0.717, 1.165) is 16.5 Å². The summed E-state index contributed by atoms with van der Waals surface area (Å²) in [4.78, 5) is 60.4. The molecule has 2 aromatic heterocycles. The number of hydrogen-bond donors (Lipinski definition) is 8. The van der Waals surface area contributed by atoms with E-state index >= 15 is 0 Å². The summed E-state index contributed by atoms with van der Waals surface area (Å²) in [5, 5.41) is 27.5. The van der Waals surface area contributed by atoms with E-state index in [1.54, 1.807) is 12.5 Å². The lowest BCUT2D eigenvalue weighted by atomic mass is 10.0. The largest absolute Gasteiger partial charge is 0.480 e. The Bertz CT molecular complexity index is 1260. The molecule has 4 atom stereocenters. The number of benzene rings is 1. The highest BCUT2D eigenvalue weighted by Gasteiger charge is 2.30. The number of carboxylic acid groups (broad SMARTS) is 1. The molecule has 0 bridgehead atoms. The van der Waals surface area contributed by atoms with Gasteiger partial charge in [0.15, 0.2) is 0 Å². The van der Waals surface area contributed by atoms with Gasteiger partial charge in [-0.15, -0.1) is 0 Å². The number of nitrogens with two attached hydrogens (primary N) is 1. The molecule has 3 aromatic rings. The van der Waals surface area contributed by atoms with E-state index in [1.165, 1.54) is 24.3 Å². The quantitative estimate of drug-likeness (QED) is 0.118. The second-order valence-electron chi connectivity index (χ2n) is 8.94. The zero-order valence-electron chi connectivity index (χ0n) is 21.3. The molecule has 3 amide bonds. The van der Waals surface area contributed by atoms with E-state index in [-0.39, 0.29) is 19.3 Å². The number of thioether (sulfide) groups is 1. The Morgan fingerprint density at radius 3 is 2.36 bits per heavy atom. The van der Waals surface area contributed by atoms with Crippen LogP contribution in [0.3, 0.4) is 0 Å².